The number of anilines is 1. The van der Waals surface area contributed by atoms with Gasteiger partial charge >= 0.3 is 6.03 Å². The molecule has 3 rings (SSSR count). The predicted molar refractivity (Wildman–Crippen MR) is 82.4 cm³/mol. The molecule has 2 amide bonds. The maximum atomic E-state index is 12.0. The highest BCUT2D eigenvalue weighted by atomic mass is 35.5. The van der Waals surface area contributed by atoms with E-state index >= 15 is 0 Å². The molecule has 0 radical (unpaired) electrons. The molecule has 106 valence electrons. The number of pyridine rings is 1. The number of fused-ring (bicyclic) bond motifs is 1. The largest absolute Gasteiger partial charge is 0.338 e. The maximum absolute atomic E-state index is 12.0. The van der Waals surface area contributed by atoms with Crippen LogP contribution in [-0.4, -0.2) is 20.7 Å². The van der Waals surface area contributed by atoms with Gasteiger partial charge in [0, 0.05) is 11.2 Å². The molecular weight excluding hydrogens is 313 g/mol. The molecule has 0 bridgehead atoms. The number of hydrogen-bond donors (Lipinski definition) is 2. The van der Waals surface area contributed by atoms with Crippen LogP contribution in [0.15, 0.2) is 42.9 Å². The smallest absolute Gasteiger partial charge is 0.305 e. The van der Waals surface area contributed by atoms with Crippen LogP contribution >= 0.6 is 23.2 Å². The minimum atomic E-state index is -0.468. The van der Waals surface area contributed by atoms with Gasteiger partial charge in [0.1, 0.15) is 11.8 Å². The number of nitrogens with zero attached hydrogens (tertiary/aromatic N) is 3. The van der Waals surface area contributed by atoms with Gasteiger partial charge in [-0.3, -0.25) is 0 Å². The summed E-state index contributed by atoms with van der Waals surface area (Å²) < 4.78 is 1.43. The van der Waals surface area contributed by atoms with Gasteiger partial charge in [-0.1, -0.05) is 23.2 Å². The fourth-order valence-corrected chi connectivity index (χ4v) is 2.24. The Morgan fingerprint density at radius 1 is 1.19 bits per heavy atom. The third kappa shape index (κ3) is 2.91. The van der Waals surface area contributed by atoms with Crippen molar-refractivity contribution in [1.82, 2.24) is 14.6 Å². The summed E-state index contributed by atoms with van der Waals surface area (Å²) in [4.78, 5) is 20.2. The van der Waals surface area contributed by atoms with E-state index in [1.54, 1.807) is 36.5 Å². The van der Waals surface area contributed by atoms with Gasteiger partial charge in [0.2, 0.25) is 0 Å². The third-order valence-electron chi connectivity index (χ3n) is 2.71. The summed E-state index contributed by atoms with van der Waals surface area (Å²) in [5.41, 5.74) is 4.29. The van der Waals surface area contributed by atoms with Crippen molar-refractivity contribution in [3.05, 3.63) is 52.9 Å². The summed E-state index contributed by atoms with van der Waals surface area (Å²) in [6.45, 7) is 0. The van der Waals surface area contributed by atoms with Crippen LogP contribution in [-0.2, 0) is 0 Å². The van der Waals surface area contributed by atoms with Gasteiger partial charge in [0.05, 0.1) is 10.7 Å². The van der Waals surface area contributed by atoms with Crippen LogP contribution in [0.2, 0.25) is 10.0 Å². The molecule has 2 aromatic heterocycles. The van der Waals surface area contributed by atoms with Crippen molar-refractivity contribution in [3.8, 4) is 0 Å². The number of urea groups is 1. The standard InChI is InChI=1S/C13H9Cl2N5O/c14-8-3-4-10(9(15)6-8)18-13(21)19-20-7-17-11-2-1-5-16-12(11)20/h1-7H,(H2,18,19,21). The number of rotatable bonds is 2. The van der Waals surface area contributed by atoms with E-state index in [-0.39, 0.29) is 0 Å². The fraction of sp³-hybridized carbons (Fsp3) is 0. The van der Waals surface area contributed by atoms with Crippen molar-refractivity contribution in [1.29, 1.82) is 0 Å². The van der Waals surface area contributed by atoms with Crippen molar-refractivity contribution in [2.75, 3.05) is 10.7 Å². The molecule has 6 nitrogen and oxygen atoms in total. The molecule has 0 aliphatic heterocycles. The van der Waals surface area contributed by atoms with Gasteiger partial charge in [-0.15, -0.1) is 0 Å². The zero-order chi connectivity index (χ0) is 14.8. The zero-order valence-electron chi connectivity index (χ0n) is 10.5. The number of hydrogen-bond acceptors (Lipinski definition) is 3. The van der Waals surface area contributed by atoms with E-state index in [0.29, 0.717) is 26.9 Å². The van der Waals surface area contributed by atoms with Crippen LogP contribution < -0.4 is 10.7 Å². The van der Waals surface area contributed by atoms with Gasteiger partial charge in [-0.25, -0.2) is 24.9 Å². The Morgan fingerprint density at radius 3 is 2.86 bits per heavy atom. The molecule has 1 aromatic carbocycles. The Hall–Kier alpha value is -2.31. The second-order valence-electron chi connectivity index (χ2n) is 4.15. The number of halogens is 2. The number of amides is 2. The average Bonchev–Trinajstić information content (AvgIpc) is 2.85. The van der Waals surface area contributed by atoms with Crippen LogP contribution in [0.25, 0.3) is 11.2 Å². The molecule has 21 heavy (non-hydrogen) atoms. The lowest BCUT2D eigenvalue weighted by Crippen LogP contribution is -2.27. The summed E-state index contributed by atoms with van der Waals surface area (Å²) in [7, 11) is 0. The van der Waals surface area contributed by atoms with Crippen LogP contribution in [0.3, 0.4) is 0 Å². The highest BCUT2D eigenvalue weighted by Gasteiger charge is 2.09. The Labute approximate surface area is 129 Å². The molecule has 3 aromatic rings. The van der Waals surface area contributed by atoms with Crippen molar-refractivity contribution in [2.45, 2.75) is 0 Å². The molecule has 2 N–H and O–H groups in total. The van der Waals surface area contributed by atoms with E-state index in [0.717, 1.165) is 0 Å². The lowest BCUT2D eigenvalue weighted by atomic mass is 10.3. The molecule has 2 heterocycles. The van der Waals surface area contributed by atoms with Crippen LogP contribution in [0.5, 0.6) is 0 Å². The second kappa shape index (κ2) is 5.59. The Bertz CT molecular complexity index is 817. The minimum Gasteiger partial charge on any atom is -0.305 e. The number of benzene rings is 1. The Kier molecular flexibility index (Phi) is 3.64. The van der Waals surface area contributed by atoms with Gasteiger partial charge in [-0.05, 0) is 30.3 Å². The first-order valence-electron chi connectivity index (χ1n) is 5.94. The summed E-state index contributed by atoms with van der Waals surface area (Å²) in [5.74, 6) is 0. The molecule has 0 saturated heterocycles. The van der Waals surface area contributed by atoms with Crippen molar-refractivity contribution in [3.63, 3.8) is 0 Å². The lowest BCUT2D eigenvalue weighted by Gasteiger charge is -2.09. The van der Waals surface area contributed by atoms with Gasteiger partial charge in [0.15, 0.2) is 5.65 Å². The molecule has 0 atom stereocenters. The predicted octanol–water partition coefficient (Wildman–Crippen LogP) is 3.51. The third-order valence-corrected chi connectivity index (χ3v) is 3.26. The second-order valence-corrected chi connectivity index (χ2v) is 4.99. The molecule has 8 heteroatoms. The van der Waals surface area contributed by atoms with Crippen molar-refractivity contribution in [2.24, 2.45) is 0 Å². The summed E-state index contributed by atoms with van der Waals surface area (Å²) in [5, 5.41) is 3.47. The average molecular weight is 322 g/mol. The fourth-order valence-electron chi connectivity index (χ4n) is 1.78. The summed E-state index contributed by atoms with van der Waals surface area (Å²) in [6, 6.07) is 7.91. The minimum absolute atomic E-state index is 0.353. The van der Waals surface area contributed by atoms with E-state index in [1.165, 1.54) is 11.0 Å². The maximum Gasteiger partial charge on any atom is 0.338 e. The lowest BCUT2D eigenvalue weighted by molar-refractivity contribution is 0.260. The van der Waals surface area contributed by atoms with Gasteiger partial charge in [-0.2, -0.15) is 0 Å². The van der Waals surface area contributed by atoms with Crippen LogP contribution in [0.1, 0.15) is 0 Å². The molecule has 0 fully saturated rings. The van der Waals surface area contributed by atoms with Crippen LogP contribution in [0.4, 0.5) is 10.5 Å². The van der Waals surface area contributed by atoms with E-state index in [9.17, 15) is 4.79 Å². The van der Waals surface area contributed by atoms with E-state index < -0.39 is 6.03 Å². The van der Waals surface area contributed by atoms with E-state index in [2.05, 4.69) is 20.7 Å². The monoisotopic (exact) mass is 321 g/mol. The van der Waals surface area contributed by atoms with Crippen molar-refractivity contribution < 1.29 is 4.79 Å². The van der Waals surface area contributed by atoms with Gasteiger partial charge in [0.25, 0.3) is 0 Å². The van der Waals surface area contributed by atoms with E-state index in [4.69, 9.17) is 23.2 Å². The van der Waals surface area contributed by atoms with Crippen molar-refractivity contribution >= 4 is 46.1 Å². The molecule has 0 saturated carbocycles. The number of aromatic nitrogens is 3. The molecule has 0 unspecified atom stereocenters. The molecular formula is C13H9Cl2N5O. The molecule has 0 aliphatic rings. The summed E-state index contributed by atoms with van der Waals surface area (Å²) >= 11 is 11.8. The summed E-state index contributed by atoms with van der Waals surface area (Å²) in [6.07, 6.45) is 3.09. The zero-order valence-corrected chi connectivity index (χ0v) is 12.1. The Balaban J connectivity index is 1.77. The Morgan fingerprint density at radius 2 is 2.05 bits per heavy atom. The first-order chi connectivity index (χ1) is 10.1. The SMILES string of the molecule is O=C(Nc1ccc(Cl)cc1Cl)Nn1cnc2cccnc21. The number of carbonyl (C=O) groups excluding carboxylic acids is 1. The van der Waals surface area contributed by atoms with E-state index in [1.807, 2.05) is 0 Å². The van der Waals surface area contributed by atoms with Crippen LogP contribution in [0, 0.1) is 0 Å². The first-order valence-corrected chi connectivity index (χ1v) is 6.70. The number of carbonyl (C=O) groups is 1. The molecule has 0 aliphatic carbocycles. The highest BCUT2D eigenvalue weighted by Crippen LogP contribution is 2.25. The quantitative estimate of drug-likeness (QED) is 0.758. The molecule has 0 spiro atoms. The topological polar surface area (TPSA) is 71.8 Å². The first kappa shape index (κ1) is 13.7. The number of nitrogens with one attached hydrogen (secondary N) is 2. The highest BCUT2D eigenvalue weighted by molar-refractivity contribution is 6.36. The van der Waals surface area contributed by atoms with Gasteiger partial charge < -0.3 is 5.32 Å². The number of imidazole rings is 1. The normalized spacial score (nSPS) is 10.6.